The molecule has 0 fully saturated rings. The standard InChI is InChI=1S/2C20H17ClFN5O/c1-28-9-8-27-12-19-20(26-27)17(5-7-24-19)25-14-4-6-23-18(11-14)15-10-13(21)2-3-16(15)22;1-28-9-8-27-20-17(5-7-24-19(20)12-25-27)26-14-4-6-23-18(11-14)15-10-13(21)2-3-16(15)22/h2-7,10-12H,8-9H2,1H3,(H,23,25);2-7,10-12H,8-9H2,1H3,(H,23,24,26). The molecule has 0 radical (unpaired) electrons. The van der Waals surface area contributed by atoms with Gasteiger partial charge >= 0.3 is 0 Å². The van der Waals surface area contributed by atoms with Gasteiger partial charge in [-0.15, -0.1) is 0 Å². The first kappa shape index (κ1) is 38.2. The van der Waals surface area contributed by atoms with Crippen LogP contribution in [0.25, 0.3) is 44.6 Å². The average Bonchev–Trinajstić information content (AvgIpc) is 3.84. The fraction of sp³-hybridized carbons (Fsp3) is 0.150. The Balaban J connectivity index is 0.000000172. The highest BCUT2D eigenvalue weighted by molar-refractivity contribution is 6.31. The van der Waals surface area contributed by atoms with Crippen molar-refractivity contribution in [2.75, 3.05) is 38.1 Å². The second kappa shape index (κ2) is 17.6. The molecule has 0 aliphatic rings. The maximum Gasteiger partial charge on any atom is 0.134 e. The van der Waals surface area contributed by atoms with Crippen molar-refractivity contribution >= 4 is 68.0 Å². The van der Waals surface area contributed by atoms with Crippen molar-refractivity contribution in [3.63, 3.8) is 0 Å². The van der Waals surface area contributed by atoms with Crippen LogP contribution in [0.5, 0.6) is 0 Å². The number of ether oxygens (including phenoxy) is 2. The Hall–Kier alpha value is -6.06. The SMILES string of the molecule is COCCn1cc2nccc(Nc3ccnc(-c4cc(Cl)ccc4F)c3)c2n1.COCCn1ncc2nccc(Nc3ccnc(-c4cc(Cl)ccc4F)c3)c21. The van der Waals surface area contributed by atoms with Gasteiger partial charge in [-0.1, -0.05) is 23.2 Å². The Bertz CT molecular complexity index is 2610. The molecule has 6 aromatic heterocycles. The summed E-state index contributed by atoms with van der Waals surface area (Å²) in [6, 6.07) is 19.7. The van der Waals surface area contributed by atoms with E-state index in [1.807, 2.05) is 29.1 Å². The lowest BCUT2D eigenvalue weighted by atomic mass is 10.1. The summed E-state index contributed by atoms with van der Waals surface area (Å²) in [6.07, 6.45) is 10.3. The lowest BCUT2D eigenvalue weighted by Gasteiger charge is -2.11. The number of anilines is 4. The first-order valence-electron chi connectivity index (χ1n) is 17.3. The van der Waals surface area contributed by atoms with Crippen LogP contribution in [0, 0.1) is 11.6 Å². The van der Waals surface area contributed by atoms with Crippen molar-refractivity contribution in [1.82, 2.24) is 39.5 Å². The quantitative estimate of drug-likeness (QED) is 0.123. The van der Waals surface area contributed by atoms with Gasteiger partial charge in [0.1, 0.15) is 33.7 Å². The molecule has 0 saturated heterocycles. The average molecular weight is 796 g/mol. The number of nitrogens with zero attached hydrogens (tertiary/aromatic N) is 8. The van der Waals surface area contributed by atoms with E-state index in [1.54, 1.807) is 80.2 Å². The Morgan fingerprint density at radius 1 is 0.643 bits per heavy atom. The first-order chi connectivity index (χ1) is 27.3. The minimum atomic E-state index is -0.378. The Labute approximate surface area is 330 Å². The molecule has 2 N–H and O–H groups in total. The third kappa shape index (κ3) is 8.90. The normalized spacial score (nSPS) is 11.1. The molecule has 8 rings (SSSR count). The van der Waals surface area contributed by atoms with Crippen LogP contribution in [-0.2, 0) is 22.6 Å². The second-order valence-corrected chi connectivity index (χ2v) is 13.2. The lowest BCUT2D eigenvalue weighted by molar-refractivity contribution is 0.184. The molecule has 0 saturated carbocycles. The van der Waals surface area contributed by atoms with Crippen LogP contribution in [0.4, 0.5) is 31.5 Å². The fourth-order valence-electron chi connectivity index (χ4n) is 5.84. The largest absolute Gasteiger partial charge is 0.383 e. The summed E-state index contributed by atoms with van der Waals surface area (Å²) in [7, 11) is 3.30. The van der Waals surface area contributed by atoms with E-state index >= 15 is 0 Å². The summed E-state index contributed by atoms with van der Waals surface area (Å²) < 4.78 is 42.3. The van der Waals surface area contributed by atoms with Gasteiger partial charge in [0, 0.05) is 71.6 Å². The number of methoxy groups -OCH3 is 2. The fourth-order valence-corrected chi connectivity index (χ4v) is 6.19. The van der Waals surface area contributed by atoms with Gasteiger partial charge in [0.15, 0.2) is 0 Å². The third-order valence-electron chi connectivity index (χ3n) is 8.50. The zero-order chi connectivity index (χ0) is 39.0. The molecule has 0 aliphatic heterocycles. The molecular formula is C40H34Cl2F2N10O2. The second-order valence-electron chi connectivity index (χ2n) is 12.3. The van der Waals surface area contributed by atoms with Crippen LogP contribution in [0.1, 0.15) is 0 Å². The highest BCUT2D eigenvalue weighted by Gasteiger charge is 2.13. The van der Waals surface area contributed by atoms with Crippen LogP contribution in [0.3, 0.4) is 0 Å². The topological polar surface area (TPSA) is 130 Å². The number of hydrogen-bond donors (Lipinski definition) is 2. The van der Waals surface area contributed by atoms with Crippen LogP contribution in [-0.4, -0.2) is 66.9 Å². The number of halogens is 4. The summed E-state index contributed by atoms with van der Waals surface area (Å²) in [5.74, 6) is -0.754. The van der Waals surface area contributed by atoms with Gasteiger partial charge in [-0.05, 0) is 72.8 Å². The van der Waals surface area contributed by atoms with Gasteiger partial charge in [0.25, 0.3) is 0 Å². The molecule has 0 atom stereocenters. The van der Waals surface area contributed by atoms with E-state index in [1.165, 1.54) is 24.3 Å². The van der Waals surface area contributed by atoms with E-state index in [2.05, 4.69) is 40.8 Å². The highest BCUT2D eigenvalue weighted by Crippen LogP contribution is 2.31. The van der Waals surface area contributed by atoms with Crippen molar-refractivity contribution in [1.29, 1.82) is 0 Å². The Morgan fingerprint density at radius 2 is 1.20 bits per heavy atom. The van der Waals surface area contributed by atoms with Crippen molar-refractivity contribution in [2.24, 2.45) is 0 Å². The molecule has 0 amide bonds. The minimum Gasteiger partial charge on any atom is -0.383 e. The molecule has 0 bridgehead atoms. The molecule has 6 heterocycles. The van der Waals surface area contributed by atoms with E-state index in [0.29, 0.717) is 58.9 Å². The molecule has 0 spiro atoms. The molecule has 8 aromatic rings. The van der Waals surface area contributed by atoms with Crippen molar-refractivity contribution in [2.45, 2.75) is 13.1 Å². The first-order valence-corrected chi connectivity index (χ1v) is 18.0. The van der Waals surface area contributed by atoms with E-state index in [0.717, 1.165) is 44.8 Å². The molecule has 56 heavy (non-hydrogen) atoms. The number of aromatic nitrogens is 8. The molecule has 2 aromatic carbocycles. The van der Waals surface area contributed by atoms with E-state index in [-0.39, 0.29) is 11.6 Å². The van der Waals surface area contributed by atoms with E-state index in [4.69, 9.17) is 32.7 Å². The van der Waals surface area contributed by atoms with E-state index < -0.39 is 0 Å². The number of pyridine rings is 4. The van der Waals surface area contributed by atoms with Gasteiger partial charge in [-0.2, -0.15) is 10.2 Å². The predicted molar refractivity (Wildman–Crippen MR) is 215 cm³/mol. The summed E-state index contributed by atoms with van der Waals surface area (Å²) in [5, 5.41) is 16.5. The van der Waals surface area contributed by atoms with Crippen LogP contribution < -0.4 is 10.6 Å². The van der Waals surface area contributed by atoms with Gasteiger partial charge in [-0.25, -0.2) is 8.78 Å². The molecule has 16 heteroatoms. The number of benzene rings is 2. The monoisotopic (exact) mass is 794 g/mol. The van der Waals surface area contributed by atoms with Crippen molar-refractivity contribution < 1.29 is 18.3 Å². The molecule has 0 aliphatic carbocycles. The predicted octanol–water partition coefficient (Wildman–Crippen LogP) is 9.35. The maximum absolute atomic E-state index is 14.2. The number of fused-ring (bicyclic) bond motifs is 2. The van der Waals surface area contributed by atoms with Crippen molar-refractivity contribution in [3.8, 4) is 22.5 Å². The summed E-state index contributed by atoms with van der Waals surface area (Å²) in [4.78, 5) is 17.3. The molecule has 284 valence electrons. The summed E-state index contributed by atoms with van der Waals surface area (Å²) >= 11 is 12.0. The van der Waals surface area contributed by atoms with Gasteiger partial charge in [-0.3, -0.25) is 29.3 Å². The third-order valence-corrected chi connectivity index (χ3v) is 8.97. The van der Waals surface area contributed by atoms with Crippen molar-refractivity contribution in [3.05, 3.63) is 132 Å². The van der Waals surface area contributed by atoms with Gasteiger partial charge in [0.05, 0.1) is 61.5 Å². The number of nitrogens with one attached hydrogen (secondary N) is 2. The van der Waals surface area contributed by atoms with Gasteiger partial charge in [0.2, 0.25) is 0 Å². The Morgan fingerprint density at radius 3 is 1.82 bits per heavy atom. The Kier molecular flexibility index (Phi) is 12.0. The van der Waals surface area contributed by atoms with Crippen LogP contribution in [0.2, 0.25) is 10.0 Å². The molecule has 12 nitrogen and oxygen atoms in total. The lowest BCUT2D eigenvalue weighted by Crippen LogP contribution is -2.07. The molecule has 0 unspecified atom stereocenters. The van der Waals surface area contributed by atoms with Crippen LogP contribution in [0.15, 0.2) is 110 Å². The van der Waals surface area contributed by atoms with Gasteiger partial charge < -0.3 is 20.1 Å². The number of rotatable bonds is 12. The van der Waals surface area contributed by atoms with E-state index in [9.17, 15) is 8.78 Å². The smallest absolute Gasteiger partial charge is 0.134 e. The maximum atomic E-state index is 14.2. The van der Waals surface area contributed by atoms with Crippen LogP contribution >= 0.6 is 23.2 Å². The zero-order valence-corrected chi connectivity index (χ0v) is 31.6. The highest BCUT2D eigenvalue weighted by atomic mass is 35.5. The minimum absolute atomic E-state index is 0.347. The summed E-state index contributed by atoms with van der Waals surface area (Å²) in [5.41, 5.74) is 7.97. The number of hydrogen-bond acceptors (Lipinski definition) is 10. The summed E-state index contributed by atoms with van der Waals surface area (Å²) in [6.45, 7) is 2.35. The molecular weight excluding hydrogens is 761 g/mol. The zero-order valence-electron chi connectivity index (χ0n) is 30.1.